The SMILES string of the molecule is O=C(c1cccs1)[C@@H]1[C@@H]2C(=O)N(c3ccc(Cl)c(Cl)c3)C(=O)[C@@H]2[C@H]2c3ccccc3C=CN12. The summed E-state index contributed by atoms with van der Waals surface area (Å²) >= 11 is 13.6. The van der Waals surface area contributed by atoms with Crippen molar-refractivity contribution >= 4 is 63.9 Å². The lowest BCUT2D eigenvalue weighted by molar-refractivity contribution is -0.123. The summed E-state index contributed by atoms with van der Waals surface area (Å²) in [5.74, 6) is -2.36. The van der Waals surface area contributed by atoms with E-state index in [2.05, 4.69) is 0 Å². The van der Waals surface area contributed by atoms with Gasteiger partial charge in [0.25, 0.3) is 0 Å². The van der Waals surface area contributed by atoms with E-state index in [9.17, 15) is 14.4 Å². The van der Waals surface area contributed by atoms with Gasteiger partial charge in [-0.2, -0.15) is 0 Å². The minimum Gasteiger partial charge on any atom is -0.358 e. The first-order chi connectivity index (χ1) is 16.0. The summed E-state index contributed by atoms with van der Waals surface area (Å²) < 4.78 is 0. The summed E-state index contributed by atoms with van der Waals surface area (Å²) in [6.07, 6.45) is 3.79. The Morgan fingerprint density at radius 1 is 0.909 bits per heavy atom. The maximum atomic E-state index is 13.8. The molecule has 0 spiro atoms. The third-order valence-corrected chi connectivity index (χ3v) is 8.28. The molecule has 6 rings (SSSR count). The van der Waals surface area contributed by atoms with Crippen molar-refractivity contribution in [3.05, 3.63) is 92.2 Å². The van der Waals surface area contributed by atoms with Gasteiger partial charge in [-0.3, -0.25) is 14.4 Å². The molecular weight excluding hydrogens is 479 g/mol. The molecule has 0 bridgehead atoms. The van der Waals surface area contributed by atoms with E-state index in [4.69, 9.17) is 23.2 Å². The number of amides is 2. The van der Waals surface area contributed by atoms with Crippen LogP contribution < -0.4 is 4.90 Å². The second-order valence-electron chi connectivity index (χ2n) is 8.28. The van der Waals surface area contributed by atoms with Crippen LogP contribution in [0.15, 0.2) is 66.2 Å². The fraction of sp³-hybridized carbons (Fsp3) is 0.160. The molecule has 0 N–H and O–H groups in total. The fourth-order valence-corrected chi connectivity index (χ4v) is 6.29. The summed E-state index contributed by atoms with van der Waals surface area (Å²) in [5.41, 5.74) is 2.28. The molecule has 0 saturated carbocycles. The van der Waals surface area contributed by atoms with E-state index in [1.165, 1.54) is 22.3 Å². The van der Waals surface area contributed by atoms with Crippen molar-refractivity contribution < 1.29 is 14.4 Å². The Labute approximate surface area is 203 Å². The maximum Gasteiger partial charge on any atom is 0.240 e. The molecule has 3 aliphatic heterocycles. The number of halogens is 2. The topological polar surface area (TPSA) is 57.7 Å². The van der Waals surface area contributed by atoms with E-state index in [-0.39, 0.29) is 16.7 Å². The summed E-state index contributed by atoms with van der Waals surface area (Å²) in [6.45, 7) is 0. The van der Waals surface area contributed by atoms with Gasteiger partial charge in [-0.05, 0) is 46.8 Å². The van der Waals surface area contributed by atoms with Crippen LogP contribution in [0.25, 0.3) is 6.08 Å². The minimum atomic E-state index is -0.803. The van der Waals surface area contributed by atoms with Crippen LogP contribution in [-0.4, -0.2) is 28.5 Å². The first-order valence-electron chi connectivity index (χ1n) is 10.4. The van der Waals surface area contributed by atoms with Gasteiger partial charge in [0, 0.05) is 6.20 Å². The Bertz CT molecular complexity index is 1350. The highest BCUT2D eigenvalue weighted by Crippen LogP contribution is 2.54. The standard InChI is InChI=1S/C25H16Cl2N2O3S/c26-16-8-7-14(12-17(16)27)29-24(31)19-20(25(29)32)22(23(30)18-6-3-11-33-18)28-10-9-13-4-1-2-5-15(13)21(19)28/h1-12,19-22H/t19-,20+,21+,22-/m0/s1. The lowest BCUT2D eigenvalue weighted by atomic mass is 9.84. The monoisotopic (exact) mass is 494 g/mol. The normalized spacial score (nSPS) is 25.3. The van der Waals surface area contributed by atoms with Crippen LogP contribution in [0, 0.1) is 11.8 Å². The Morgan fingerprint density at radius 2 is 1.70 bits per heavy atom. The van der Waals surface area contributed by atoms with Crippen LogP contribution in [0.3, 0.4) is 0 Å². The number of ketones is 1. The third-order valence-electron chi connectivity index (χ3n) is 6.66. The lowest BCUT2D eigenvalue weighted by Gasteiger charge is -2.35. The average molecular weight is 495 g/mol. The molecule has 164 valence electrons. The highest BCUT2D eigenvalue weighted by atomic mass is 35.5. The van der Waals surface area contributed by atoms with Gasteiger partial charge in [0.2, 0.25) is 11.8 Å². The van der Waals surface area contributed by atoms with Crippen LogP contribution in [0.2, 0.25) is 10.0 Å². The molecule has 2 aromatic carbocycles. The zero-order chi connectivity index (χ0) is 22.9. The van der Waals surface area contributed by atoms with Crippen LogP contribution in [0.1, 0.15) is 26.8 Å². The first kappa shape index (κ1) is 20.7. The van der Waals surface area contributed by atoms with Crippen LogP contribution in [0.5, 0.6) is 0 Å². The Kier molecular flexibility index (Phi) is 4.73. The van der Waals surface area contributed by atoms with Crippen molar-refractivity contribution in [3.63, 3.8) is 0 Å². The quantitative estimate of drug-likeness (QED) is 0.358. The van der Waals surface area contributed by atoms with Gasteiger partial charge in [0.1, 0.15) is 6.04 Å². The Morgan fingerprint density at radius 3 is 2.45 bits per heavy atom. The van der Waals surface area contributed by atoms with Crippen molar-refractivity contribution in [1.29, 1.82) is 0 Å². The van der Waals surface area contributed by atoms with Gasteiger partial charge in [-0.15, -0.1) is 11.3 Å². The van der Waals surface area contributed by atoms with Crippen LogP contribution in [-0.2, 0) is 9.59 Å². The third kappa shape index (κ3) is 2.94. The van der Waals surface area contributed by atoms with Crippen LogP contribution >= 0.6 is 34.5 Å². The predicted octanol–water partition coefficient (Wildman–Crippen LogP) is 5.45. The number of benzene rings is 2. The first-order valence-corrected chi connectivity index (χ1v) is 12.1. The van der Waals surface area contributed by atoms with Gasteiger partial charge in [-0.1, -0.05) is 53.5 Å². The molecule has 3 aliphatic rings. The number of thiophene rings is 1. The minimum absolute atomic E-state index is 0.149. The molecule has 5 nitrogen and oxygen atoms in total. The fourth-order valence-electron chi connectivity index (χ4n) is 5.30. The number of carbonyl (C=O) groups is 3. The average Bonchev–Trinajstić information content (AvgIpc) is 3.52. The van der Waals surface area contributed by atoms with Crippen molar-refractivity contribution in [2.24, 2.45) is 11.8 Å². The van der Waals surface area contributed by atoms with Crippen molar-refractivity contribution in [3.8, 4) is 0 Å². The Hall–Kier alpha value is -2.93. The van der Waals surface area contributed by atoms with E-state index in [1.807, 2.05) is 52.9 Å². The molecule has 1 aromatic heterocycles. The predicted molar refractivity (Wildman–Crippen MR) is 128 cm³/mol. The number of imide groups is 1. The second kappa shape index (κ2) is 7.55. The number of Topliss-reactive ketones (excluding diaryl/α,β-unsaturated/α-hetero) is 1. The molecule has 3 aromatic rings. The highest BCUT2D eigenvalue weighted by molar-refractivity contribution is 7.12. The molecule has 2 fully saturated rings. The summed E-state index contributed by atoms with van der Waals surface area (Å²) in [4.78, 5) is 44.8. The summed E-state index contributed by atoms with van der Waals surface area (Å²) in [6, 6.07) is 14.9. The molecule has 4 heterocycles. The number of hydrogen-bond donors (Lipinski definition) is 0. The number of nitrogens with zero attached hydrogens (tertiary/aromatic N) is 2. The van der Waals surface area contributed by atoms with Gasteiger partial charge in [0.15, 0.2) is 5.78 Å². The van der Waals surface area contributed by atoms with E-state index in [0.29, 0.717) is 15.6 Å². The second-order valence-corrected chi connectivity index (χ2v) is 10.0. The van der Waals surface area contributed by atoms with Gasteiger partial charge >= 0.3 is 0 Å². The maximum absolute atomic E-state index is 13.8. The van der Waals surface area contributed by atoms with Crippen LogP contribution in [0.4, 0.5) is 5.69 Å². The zero-order valence-electron chi connectivity index (χ0n) is 17.0. The molecular formula is C25H16Cl2N2O3S. The number of hydrogen-bond acceptors (Lipinski definition) is 5. The van der Waals surface area contributed by atoms with E-state index < -0.39 is 29.8 Å². The molecule has 33 heavy (non-hydrogen) atoms. The van der Waals surface area contributed by atoms with Gasteiger partial charge in [-0.25, -0.2) is 4.90 Å². The number of fused-ring (bicyclic) bond motifs is 5. The number of anilines is 1. The zero-order valence-corrected chi connectivity index (χ0v) is 19.3. The highest BCUT2D eigenvalue weighted by Gasteiger charge is 2.64. The Balaban J connectivity index is 1.51. The number of carbonyl (C=O) groups excluding carboxylic acids is 3. The summed E-state index contributed by atoms with van der Waals surface area (Å²) in [7, 11) is 0. The van der Waals surface area contributed by atoms with E-state index in [1.54, 1.807) is 18.2 Å². The molecule has 2 amide bonds. The largest absolute Gasteiger partial charge is 0.358 e. The van der Waals surface area contributed by atoms with E-state index >= 15 is 0 Å². The molecule has 2 saturated heterocycles. The van der Waals surface area contributed by atoms with Crippen molar-refractivity contribution in [2.75, 3.05) is 4.90 Å². The lowest BCUT2D eigenvalue weighted by Crippen LogP contribution is -2.44. The summed E-state index contributed by atoms with van der Waals surface area (Å²) in [5, 5.41) is 2.43. The van der Waals surface area contributed by atoms with Gasteiger partial charge in [0.05, 0.1) is 38.5 Å². The molecule has 8 heteroatoms. The molecule has 0 radical (unpaired) electrons. The van der Waals surface area contributed by atoms with E-state index in [0.717, 1.165) is 11.1 Å². The molecule has 4 atom stereocenters. The van der Waals surface area contributed by atoms with Crippen molar-refractivity contribution in [1.82, 2.24) is 4.90 Å². The smallest absolute Gasteiger partial charge is 0.240 e. The van der Waals surface area contributed by atoms with Gasteiger partial charge < -0.3 is 4.90 Å². The van der Waals surface area contributed by atoms with Crippen molar-refractivity contribution in [2.45, 2.75) is 12.1 Å². The number of rotatable bonds is 3. The molecule has 0 unspecified atom stereocenters. The molecule has 0 aliphatic carbocycles.